The number of nitrogens with two attached hydrogens (primary N) is 1. The van der Waals surface area contributed by atoms with E-state index in [-0.39, 0.29) is 6.61 Å². The molecule has 0 aliphatic heterocycles. The number of pyridine rings is 1. The van der Waals surface area contributed by atoms with Crippen LogP contribution in [0.1, 0.15) is 11.3 Å². The van der Waals surface area contributed by atoms with Crippen molar-refractivity contribution in [3.8, 4) is 17.6 Å². The van der Waals surface area contributed by atoms with Gasteiger partial charge < -0.3 is 15.2 Å². The Labute approximate surface area is 111 Å². The molecule has 1 aromatic carbocycles. The highest BCUT2D eigenvalue weighted by molar-refractivity contribution is 5.52. The fraction of sp³-hybridized carbons (Fsp3) is 0.143. The number of hydrogen-bond acceptors (Lipinski definition) is 5. The van der Waals surface area contributed by atoms with E-state index in [0.29, 0.717) is 22.9 Å². The second-order valence-corrected chi connectivity index (χ2v) is 3.82. The first-order valence-corrected chi connectivity index (χ1v) is 5.65. The number of nitrogens with zero attached hydrogens (tertiary/aromatic N) is 2. The first kappa shape index (κ1) is 12.7. The number of methoxy groups -OCH3 is 1. The lowest BCUT2D eigenvalue weighted by Crippen LogP contribution is -2.01. The average Bonchev–Trinajstić information content (AvgIpc) is 2.45. The van der Waals surface area contributed by atoms with E-state index in [1.165, 1.54) is 0 Å². The number of nitriles is 1. The van der Waals surface area contributed by atoms with Gasteiger partial charge >= 0.3 is 0 Å². The molecule has 5 nitrogen and oxygen atoms in total. The number of rotatable bonds is 4. The number of aromatic nitrogens is 1. The predicted octanol–water partition coefficient (Wildman–Crippen LogP) is 2.12. The van der Waals surface area contributed by atoms with Crippen molar-refractivity contribution in [3.05, 3.63) is 47.8 Å². The van der Waals surface area contributed by atoms with Gasteiger partial charge in [-0.15, -0.1) is 0 Å². The lowest BCUT2D eigenvalue weighted by molar-refractivity contribution is 0.284. The van der Waals surface area contributed by atoms with Gasteiger partial charge in [0, 0.05) is 23.5 Å². The summed E-state index contributed by atoms with van der Waals surface area (Å²) < 4.78 is 10.8. The molecular formula is C14H13N3O2. The van der Waals surface area contributed by atoms with Gasteiger partial charge in [0.15, 0.2) is 11.5 Å². The van der Waals surface area contributed by atoms with Crippen LogP contribution in [0.3, 0.4) is 0 Å². The molecule has 1 aromatic heterocycles. The molecule has 1 heterocycles. The average molecular weight is 255 g/mol. The number of ether oxygens (including phenoxy) is 2. The van der Waals surface area contributed by atoms with Crippen LogP contribution in [-0.2, 0) is 6.61 Å². The zero-order chi connectivity index (χ0) is 13.7. The number of anilines is 1. The summed E-state index contributed by atoms with van der Waals surface area (Å²) in [4.78, 5) is 3.97. The van der Waals surface area contributed by atoms with Gasteiger partial charge in [-0.05, 0) is 18.2 Å². The molecule has 0 aliphatic rings. The summed E-state index contributed by atoms with van der Waals surface area (Å²) in [6.45, 7) is 0.233. The van der Waals surface area contributed by atoms with Crippen LogP contribution in [0.15, 0.2) is 36.5 Å². The van der Waals surface area contributed by atoms with Crippen molar-refractivity contribution in [2.75, 3.05) is 12.8 Å². The maximum Gasteiger partial charge on any atom is 0.163 e. The molecule has 0 amide bonds. The van der Waals surface area contributed by atoms with E-state index in [2.05, 4.69) is 4.98 Å². The van der Waals surface area contributed by atoms with Crippen LogP contribution in [-0.4, -0.2) is 12.1 Å². The molecule has 19 heavy (non-hydrogen) atoms. The zero-order valence-corrected chi connectivity index (χ0v) is 10.5. The Morgan fingerprint density at radius 1 is 1.32 bits per heavy atom. The fourth-order valence-corrected chi connectivity index (χ4v) is 1.62. The predicted molar refractivity (Wildman–Crippen MR) is 70.7 cm³/mol. The molecule has 2 aromatic rings. The Kier molecular flexibility index (Phi) is 3.84. The Balaban J connectivity index is 2.19. The van der Waals surface area contributed by atoms with Gasteiger partial charge in [0.2, 0.25) is 0 Å². The topological polar surface area (TPSA) is 81.2 Å². The van der Waals surface area contributed by atoms with Gasteiger partial charge in [-0.3, -0.25) is 0 Å². The van der Waals surface area contributed by atoms with E-state index >= 15 is 0 Å². The number of nitrogen functional groups attached to an aromatic ring is 1. The Morgan fingerprint density at radius 2 is 2.16 bits per heavy atom. The SMILES string of the molecule is COc1ccc(N)cc1OCc1cccnc1C#N. The Hall–Kier alpha value is -2.74. The monoisotopic (exact) mass is 255 g/mol. The second kappa shape index (κ2) is 5.74. The molecule has 2 N–H and O–H groups in total. The van der Waals surface area contributed by atoms with E-state index in [1.807, 2.05) is 6.07 Å². The fourth-order valence-electron chi connectivity index (χ4n) is 1.62. The van der Waals surface area contributed by atoms with E-state index in [4.69, 9.17) is 20.5 Å². The van der Waals surface area contributed by atoms with Crippen molar-refractivity contribution in [3.63, 3.8) is 0 Å². The summed E-state index contributed by atoms with van der Waals surface area (Å²) in [6, 6.07) is 10.7. The third kappa shape index (κ3) is 2.93. The van der Waals surface area contributed by atoms with Crippen molar-refractivity contribution < 1.29 is 9.47 Å². The van der Waals surface area contributed by atoms with Gasteiger partial charge in [0.25, 0.3) is 0 Å². The van der Waals surface area contributed by atoms with Crippen LogP contribution in [0.25, 0.3) is 0 Å². The minimum atomic E-state index is 0.233. The van der Waals surface area contributed by atoms with E-state index in [9.17, 15) is 0 Å². The molecule has 96 valence electrons. The maximum absolute atomic E-state index is 8.95. The first-order chi connectivity index (χ1) is 9.24. The third-order valence-electron chi connectivity index (χ3n) is 2.57. The molecular weight excluding hydrogens is 242 g/mol. The number of benzene rings is 1. The normalized spacial score (nSPS) is 9.68. The largest absolute Gasteiger partial charge is 0.493 e. The molecule has 0 atom stereocenters. The molecule has 5 heteroatoms. The second-order valence-electron chi connectivity index (χ2n) is 3.82. The molecule has 0 bridgehead atoms. The van der Waals surface area contributed by atoms with Crippen LogP contribution >= 0.6 is 0 Å². The molecule has 0 fully saturated rings. The molecule has 0 unspecified atom stereocenters. The van der Waals surface area contributed by atoms with Gasteiger partial charge in [-0.2, -0.15) is 5.26 Å². The standard InChI is InChI=1S/C14H13N3O2/c1-18-13-5-4-11(16)7-14(13)19-9-10-3-2-6-17-12(10)8-15/h2-7H,9,16H2,1H3. The van der Waals surface area contributed by atoms with Crippen molar-refractivity contribution in [1.29, 1.82) is 5.26 Å². The minimum Gasteiger partial charge on any atom is -0.493 e. The third-order valence-corrected chi connectivity index (χ3v) is 2.57. The molecule has 0 radical (unpaired) electrons. The highest BCUT2D eigenvalue weighted by atomic mass is 16.5. The Morgan fingerprint density at radius 3 is 2.89 bits per heavy atom. The zero-order valence-electron chi connectivity index (χ0n) is 10.5. The summed E-state index contributed by atoms with van der Waals surface area (Å²) in [5, 5.41) is 8.95. The van der Waals surface area contributed by atoms with E-state index < -0.39 is 0 Å². The summed E-state index contributed by atoms with van der Waals surface area (Å²) in [5.41, 5.74) is 7.36. The Bertz CT molecular complexity index is 620. The van der Waals surface area contributed by atoms with Gasteiger partial charge in [0.1, 0.15) is 18.4 Å². The van der Waals surface area contributed by atoms with Gasteiger partial charge in [-0.1, -0.05) is 6.07 Å². The van der Waals surface area contributed by atoms with Crippen molar-refractivity contribution in [2.24, 2.45) is 0 Å². The van der Waals surface area contributed by atoms with Crippen molar-refractivity contribution in [1.82, 2.24) is 4.98 Å². The van der Waals surface area contributed by atoms with Crippen LogP contribution in [0.4, 0.5) is 5.69 Å². The number of hydrogen-bond donors (Lipinski definition) is 1. The summed E-state index contributed by atoms with van der Waals surface area (Å²) >= 11 is 0. The van der Waals surface area contributed by atoms with Gasteiger partial charge in [0.05, 0.1) is 7.11 Å². The molecule has 0 saturated carbocycles. The lowest BCUT2D eigenvalue weighted by atomic mass is 10.2. The van der Waals surface area contributed by atoms with Crippen LogP contribution < -0.4 is 15.2 Å². The van der Waals surface area contributed by atoms with Crippen molar-refractivity contribution in [2.45, 2.75) is 6.61 Å². The summed E-state index contributed by atoms with van der Waals surface area (Å²) in [6.07, 6.45) is 1.57. The van der Waals surface area contributed by atoms with E-state index in [0.717, 1.165) is 5.56 Å². The smallest absolute Gasteiger partial charge is 0.163 e. The lowest BCUT2D eigenvalue weighted by Gasteiger charge is -2.11. The highest BCUT2D eigenvalue weighted by Crippen LogP contribution is 2.29. The van der Waals surface area contributed by atoms with Gasteiger partial charge in [-0.25, -0.2) is 4.98 Å². The quantitative estimate of drug-likeness (QED) is 0.846. The molecule has 0 saturated heterocycles. The van der Waals surface area contributed by atoms with Crippen LogP contribution in [0.2, 0.25) is 0 Å². The van der Waals surface area contributed by atoms with E-state index in [1.54, 1.807) is 43.6 Å². The molecule has 2 rings (SSSR count). The minimum absolute atomic E-state index is 0.233. The molecule has 0 spiro atoms. The van der Waals surface area contributed by atoms with Crippen molar-refractivity contribution >= 4 is 5.69 Å². The highest BCUT2D eigenvalue weighted by Gasteiger charge is 2.07. The summed E-state index contributed by atoms with van der Waals surface area (Å²) in [5.74, 6) is 1.13. The van der Waals surface area contributed by atoms with Crippen LogP contribution in [0.5, 0.6) is 11.5 Å². The maximum atomic E-state index is 8.95. The summed E-state index contributed by atoms with van der Waals surface area (Å²) in [7, 11) is 1.56. The molecule has 0 aliphatic carbocycles. The first-order valence-electron chi connectivity index (χ1n) is 5.65. The van der Waals surface area contributed by atoms with Crippen LogP contribution in [0, 0.1) is 11.3 Å².